The molecule has 0 saturated carbocycles. The molecule has 1 N–H and O–H groups in total. The molecule has 0 fully saturated rings. The van der Waals surface area contributed by atoms with Crippen LogP contribution in [0.5, 0.6) is 23.0 Å². The van der Waals surface area contributed by atoms with E-state index in [9.17, 15) is 0 Å². The van der Waals surface area contributed by atoms with Crippen molar-refractivity contribution in [3.8, 4) is 23.0 Å². The lowest BCUT2D eigenvalue weighted by Crippen LogP contribution is -2.26. The molecule has 0 amide bonds. The number of ether oxygens (including phenoxy) is 4. The van der Waals surface area contributed by atoms with Crippen LogP contribution in [0.25, 0.3) is 0 Å². The number of para-hydroxylation sites is 1. The van der Waals surface area contributed by atoms with Gasteiger partial charge in [0.05, 0.1) is 0 Å². The van der Waals surface area contributed by atoms with Crippen molar-refractivity contribution >= 4 is 0 Å². The average molecular weight is 341 g/mol. The maximum absolute atomic E-state index is 5.73. The molecule has 0 radical (unpaired) electrons. The van der Waals surface area contributed by atoms with E-state index in [1.807, 2.05) is 18.2 Å². The number of rotatable bonds is 5. The van der Waals surface area contributed by atoms with E-state index in [0.717, 1.165) is 28.6 Å². The third-order valence-electron chi connectivity index (χ3n) is 4.58. The monoisotopic (exact) mass is 341 g/mol. The van der Waals surface area contributed by atoms with Crippen molar-refractivity contribution in [3.05, 3.63) is 47.5 Å². The van der Waals surface area contributed by atoms with Gasteiger partial charge in [0.1, 0.15) is 13.2 Å². The molecule has 2 heterocycles. The zero-order valence-corrected chi connectivity index (χ0v) is 14.6. The molecule has 25 heavy (non-hydrogen) atoms. The number of hydrogen-bond acceptors (Lipinski definition) is 5. The van der Waals surface area contributed by atoms with E-state index >= 15 is 0 Å². The summed E-state index contributed by atoms with van der Waals surface area (Å²) in [7, 11) is 0. The van der Waals surface area contributed by atoms with Gasteiger partial charge >= 0.3 is 0 Å². The van der Waals surface area contributed by atoms with Crippen LogP contribution in [0.4, 0.5) is 0 Å². The molecular weight excluding hydrogens is 318 g/mol. The van der Waals surface area contributed by atoms with Crippen LogP contribution in [-0.2, 0) is 6.54 Å². The molecule has 2 aromatic carbocycles. The number of nitrogens with one attached hydrogen (secondary N) is 1. The van der Waals surface area contributed by atoms with Crippen LogP contribution in [0.1, 0.15) is 31.0 Å². The minimum Gasteiger partial charge on any atom is -0.486 e. The Balaban J connectivity index is 1.53. The van der Waals surface area contributed by atoms with Gasteiger partial charge in [0.15, 0.2) is 23.0 Å². The van der Waals surface area contributed by atoms with Crippen molar-refractivity contribution in [1.29, 1.82) is 0 Å². The van der Waals surface area contributed by atoms with E-state index < -0.39 is 0 Å². The minimum absolute atomic E-state index is 0.203. The third kappa shape index (κ3) is 3.24. The molecule has 0 bridgehead atoms. The molecule has 0 unspecified atom stereocenters. The fourth-order valence-corrected chi connectivity index (χ4v) is 3.34. The summed E-state index contributed by atoms with van der Waals surface area (Å²) in [6.45, 7) is 6.64. The molecule has 5 nitrogen and oxygen atoms in total. The highest BCUT2D eigenvalue weighted by Crippen LogP contribution is 2.37. The standard InChI is InChI=1S/C20H23NO4/c1-13(2)19(14-6-7-16-18(10-14)23-9-8-22-16)21-11-15-4-3-5-17-20(15)25-12-24-17/h3-7,10,13,19,21H,8-9,11-12H2,1-2H3/t19-/m1/s1. The SMILES string of the molecule is CC(C)[C@@H](NCc1cccc2c1OCO2)c1ccc2c(c1)OCCO2. The highest BCUT2D eigenvalue weighted by atomic mass is 16.7. The quantitative estimate of drug-likeness (QED) is 0.899. The van der Waals surface area contributed by atoms with Crippen LogP contribution < -0.4 is 24.3 Å². The molecule has 2 aliphatic heterocycles. The molecule has 2 aromatic rings. The summed E-state index contributed by atoms with van der Waals surface area (Å²) in [6, 6.07) is 12.4. The Labute approximate surface area is 147 Å². The van der Waals surface area contributed by atoms with Crippen LogP contribution in [0.15, 0.2) is 36.4 Å². The van der Waals surface area contributed by atoms with Gasteiger partial charge in [-0.1, -0.05) is 32.0 Å². The largest absolute Gasteiger partial charge is 0.486 e. The maximum Gasteiger partial charge on any atom is 0.231 e. The molecule has 5 heteroatoms. The maximum atomic E-state index is 5.73. The first-order valence-electron chi connectivity index (χ1n) is 8.73. The lowest BCUT2D eigenvalue weighted by molar-refractivity contribution is 0.171. The second kappa shape index (κ2) is 6.84. The molecule has 0 aromatic heterocycles. The molecule has 0 aliphatic carbocycles. The first-order valence-corrected chi connectivity index (χ1v) is 8.73. The van der Waals surface area contributed by atoms with Crippen LogP contribution >= 0.6 is 0 Å². The molecule has 0 spiro atoms. The first-order chi connectivity index (χ1) is 12.2. The van der Waals surface area contributed by atoms with Gasteiger partial charge in [-0.05, 0) is 29.7 Å². The van der Waals surface area contributed by atoms with Crippen molar-refractivity contribution in [2.75, 3.05) is 20.0 Å². The van der Waals surface area contributed by atoms with Gasteiger partial charge in [-0.2, -0.15) is 0 Å². The Kier molecular flexibility index (Phi) is 4.40. The topological polar surface area (TPSA) is 49.0 Å². The van der Waals surface area contributed by atoms with Gasteiger partial charge < -0.3 is 24.3 Å². The van der Waals surface area contributed by atoms with Crippen molar-refractivity contribution in [2.24, 2.45) is 5.92 Å². The van der Waals surface area contributed by atoms with E-state index in [-0.39, 0.29) is 6.04 Å². The van der Waals surface area contributed by atoms with Crippen molar-refractivity contribution in [3.63, 3.8) is 0 Å². The second-order valence-corrected chi connectivity index (χ2v) is 6.66. The van der Waals surface area contributed by atoms with E-state index in [2.05, 4.69) is 37.4 Å². The van der Waals surface area contributed by atoms with Crippen LogP contribution in [0.3, 0.4) is 0 Å². The summed E-state index contributed by atoms with van der Waals surface area (Å²) < 4.78 is 22.4. The van der Waals surface area contributed by atoms with Gasteiger partial charge in [0.25, 0.3) is 0 Å². The zero-order valence-electron chi connectivity index (χ0n) is 14.6. The summed E-state index contributed by atoms with van der Waals surface area (Å²) in [4.78, 5) is 0. The zero-order chi connectivity index (χ0) is 17.2. The van der Waals surface area contributed by atoms with Gasteiger partial charge in [0.2, 0.25) is 6.79 Å². The molecule has 2 aliphatic rings. The predicted octanol–water partition coefficient (Wildman–Crippen LogP) is 3.67. The smallest absolute Gasteiger partial charge is 0.231 e. The molecule has 1 atom stereocenters. The fourth-order valence-electron chi connectivity index (χ4n) is 3.34. The summed E-state index contributed by atoms with van der Waals surface area (Å²) in [5.74, 6) is 3.74. The average Bonchev–Trinajstić information content (AvgIpc) is 3.11. The summed E-state index contributed by atoms with van der Waals surface area (Å²) in [5.41, 5.74) is 2.31. The van der Waals surface area contributed by atoms with Gasteiger partial charge in [0, 0.05) is 18.2 Å². The van der Waals surface area contributed by atoms with E-state index in [0.29, 0.717) is 32.5 Å². The highest BCUT2D eigenvalue weighted by molar-refractivity contribution is 5.48. The van der Waals surface area contributed by atoms with Crippen LogP contribution in [-0.4, -0.2) is 20.0 Å². The second-order valence-electron chi connectivity index (χ2n) is 6.66. The van der Waals surface area contributed by atoms with Gasteiger partial charge in [-0.15, -0.1) is 0 Å². The number of benzene rings is 2. The fraction of sp³-hybridized carbons (Fsp3) is 0.400. The Bertz CT molecular complexity index is 759. The Hall–Kier alpha value is -2.40. The van der Waals surface area contributed by atoms with E-state index in [1.165, 1.54) is 5.56 Å². The lowest BCUT2D eigenvalue weighted by atomic mass is 9.95. The van der Waals surface area contributed by atoms with Crippen molar-refractivity contribution in [2.45, 2.75) is 26.4 Å². The first kappa shape index (κ1) is 16.1. The van der Waals surface area contributed by atoms with Crippen LogP contribution in [0, 0.1) is 5.92 Å². The molecule has 4 rings (SSSR count). The van der Waals surface area contributed by atoms with E-state index in [4.69, 9.17) is 18.9 Å². The third-order valence-corrected chi connectivity index (χ3v) is 4.58. The van der Waals surface area contributed by atoms with Crippen LogP contribution in [0.2, 0.25) is 0 Å². The molecular formula is C20H23NO4. The Morgan fingerprint density at radius 3 is 2.60 bits per heavy atom. The van der Waals surface area contributed by atoms with Gasteiger partial charge in [-0.3, -0.25) is 0 Å². The van der Waals surface area contributed by atoms with Crippen molar-refractivity contribution < 1.29 is 18.9 Å². The van der Waals surface area contributed by atoms with E-state index in [1.54, 1.807) is 0 Å². The lowest BCUT2D eigenvalue weighted by Gasteiger charge is -2.26. The highest BCUT2D eigenvalue weighted by Gasteiger charge is 2.21. The molecule has 0 saturated heterocycles. The number of hydrogen-bond donors (Lipinski definition) is 1. The summed E-state index contributed by atoms with van der Waals surface area (Å²) in [6.07, 6.45) is 0. The normalized spacial score (nSPS) is 16.1. The molecule has 132 valence electrons. The van der Waals surface area contributed by atoms with Gasteiger partial charge in [-0.25, -0.2) is 0 Å². The number of fused-ring (bicyclic) bond motifs is 2. The Morgan fingerprint density at radius 1 is 0.920 bits per heavy atom. The summed E-state index contributed by atoms with van der Waals surface area (Å²) in [5, 5.41) is 3.66. The Morgan fingerprint density at radius 2 is 1.76 bits per heavy atom. The predicted molar refractivity (Wildman–Crippen MR) is 94.4 cm³/mol. The van der Waals surface area contributed by atoms with Crippen molar-refractivity contribution in [1.82, 2.24) is 5.32 Å². The summed E-state index contributed by atoms with van der Waals surface area (Å²) >= 11 is 0. The minimum atomic E-state index is 0.203.